The molecule has 1 unspecified atom stereocenters. The predicted octanol–water partition coefficient (Wildman–Crippen LogP) is 1.83. The van der Waals surface area contributed by atoms with Crippen LogP contribution in [0.1, 0.15) is 24.3 Å². The van der Waals surface area contributed by atoms with E-state index < -0.39 is 23.6 Å². The number of carbonyl (C=O) groups is 2. The Balaban J connectivity index is 1.91. The number of carbonyl (C=O) groups excluding carboxylic acids is 2. The fraction of sp³-hybridized carbons (Fsp3) is 0.333. The van der Waals surface area contributed by atoms with Gasteiger partial charge in [-0.25, -0.2) is 4.39 Å². The van der Waals surface area contributed by atoms with Crippen molar-refractivity contribution in [1.29, 1.82) is 0 Å². The summed E-state index contributed by atoms with van der Waals surface area (Å²) >= 11 is 0. The van der Waals surface area contributed by atoms with Gasteiger partial charge in [-0.05, 0) is 37.0 Å². The van der Waals surface area contributed by atoms with E-state index in [0.29, 0.717) is 29.0 Å². The minimum absolute atomic E-state index is 0.319. The number of primary amides is 1. The van der Waals surface area contributed by atoms with Gasteiger partial charge in [0.2, 0.25) is 5.91 Å². The lowest BCUT2D eigenvalue weighted by Gasteiger charge is -2.12. The van der Waals surface area contributed by atoms with Gasteiger partial charge in [-0.1, -0.05) is 0 Å². The number of amides is 1. The van der Waals surface area contributed by atoms with Gasteiger partial charge in [0.05, 0.1) is 6.61 Å². The average Bonchev–Trinajstić information content (AvgIpc) is 3.18. The van der Waals surface area contributed by atoms with Crippen LogP contribution in [0, 0.1) is 11.7 Å². The van der Waals surface area contributed by atoms with E-state index in [1.165, 1.54) is 24.4 Å². The first kappa shape index (κ1) is 13.6. The molecule has 5 nitrogen and oxygen atoms in total. The van der Waals surface area contributed by atoms with Crippen LogP contribution in [0.3, 0.4) is 0 Å². The van der Waals surface area contributed by atoms with Gasteiger partial charge in [0, 0.05) is 22.7 Å². The summed E-state index contributed by atoms with van der Waals surface area (Å²) in [6.07, 6.45) is 3.58. The highest BCUT2D eigenvalue weighted by Gasteiger charge is 2.32. The number of halogens is 1. The molecular weight excluding hydrogens is 275 g/mol. The number of benzene rings is 1. The molecule has 6 heteroatoms. The summed E-state index contributed by atoms with van der Waals surface area (Å²) in [5.41, 5.74) is 6.26. The standard InChI is InChI=1S/C15H15FN2O3/c16-9-3-4-10-11(6-18-12(10)5-9)13(14(17)19)15(20)21-7-8-1-2-8/h3-6,8,13,18H,1-2,7H2,(H2,17,19). The maximum Gasteiger partial charge on any atom is 0.323 e. The van der Waals surface area contributed by atoms with Crippen LogP contribution in [0.2, 0.25) is 0 Å². The summed E-state index contributed by atoms with van der Waals surface area (Å²) in [5, 5.41) is 0.587. The first-order valence-electron chi connectivity index (χ1n) is 6.78. The van der Waals surface area contributed by atoms with Crippen LogP contribution in [-0.4, -0.2) is 23.5 Å². The molecule has 1 amide bonds. The van der Waals surface area contributed by atoms with E-state index in [1.807, 2.05) is 0 Å². The molecule has 1 heterocycles. The van der Waals surface area contributed by atoms with Crippen LogP contribution < -0.4 is 5.73 Å². The predicted molar refractivity (Wildman–Crippen MR) is 73.9 cm³/mol. The lowest BCUT2D eigenvalue weighted by molar-refractivity contribution is -0.148. The molecule has 1 fully saturated rings. The number of nitrogens with one attached hydrogen (secondary N) is 1. The second-order valence-corrected chi connectivity index (χ2v) is 5.34. The van der Waals surface area contributed by atoms with E-state index in [2.05, 4.69) is 4.98 Å². The minimum Gasteiger partial charge on any atom is -0.465 e. The first-order chi connectivity index (χ1) is 10.1. The highest BCUT2D eigenvalue weighted by Crippen LogP contribution is 2.31. The van der Waals surface area contributed by atoms with Crippen molar-refractivity contribution in [3.63, 3.8) is 0 Å². The van der Waals surface area contributed by atoms with Crippen LogP contribution in [0.25, 0.3) is 10.9 Å². The zero-order chi connectivity index (χ0) is 15.0. The largest absolute Gasteiger partial charge is 0.465 e. The number of H-pyrrole nitrogens is 1. The molecular formula is C15H15FN2O3. The van der Waals surface area contributed by atoms with Crippen molar-refractivity contribution in [1.82, 2.24) is 4.98 Å². The fourth-order valence-electron chi connectivity index (χ4n) is 2.32. The maximum absolute atomic E-state index is 13.2. The summed E-state index contributed by atoms with van der Waals surface area (Å²) in [4.78, 5) is 26.6. The van der Waals surface area contributed by atoms with Crippen LogP contribution >= 0.6 is 0 Å². The van der Waals surface area contributed by atoms with E-state index in [0.717, 1.165) is 12.8 Å². The molecule has 1 saturated carbocycles. The van der Waals surface area contributed by atoms with Crippen molar-refractivity contribution in [3.05, 3.63) is 35.8 Å². The number of rotatable bonds is 5. The molecule has 1 aromatic carbocycles. The van der Waals surface area contributed by atoms with E-state index in [-0.39, 0.29) is 0 Å². The third kappa shape index (κ3) is 2.74. The molecule has 0 aliphatic heterocycles. The lowest BCUT2D eigenvalue weighted by Crippen LogP contribution is -2.30. The molecule has 0 radical (unpaired) electrons. The third-order valence-corrected chi connectivity index (χ3v) is 3.67. The van der Waals surface area contributed by atoms with E-state index in [4.69, 9.17) is 10.5 Å². The molecule has 3 rings (SSSR count). The van der Waals surface area contributed by atoms with Gasteiger partial charge in [-0.3, -0.25) is 9.59 Å². The van der Waals surface area contributed by atoms with Crippen LogP contribution in [0.4, 0.5) is 4.39 Å². The number of aromatic amines is 1. The average molecular weight is 290 g/mol. The van der Waals surface area contributed by atoms with Gasteiger partial charge < -0.3 is 15.5 Å². The number of ether oxygens (including phenoxy) is 1. The van der Waals surface area contributed by atoms with E-state index in [1.54, 1.807) is 0 Å². The molecule has 0 bridgehead atoms. The Kier molecular flexibility index (Phi) is 3.37. The number of hydrogen-bond donors (Lipinski definition) is 2. The van der Waals surface area contributed by atoms with Gasteiger partial charge in [0.1, 0.15) is 5.82 Å². The van der Waals surface area contributed by atoms with Gasteiger partial charge in [0.25, 0.3) is 0 Å². The van der Waals surface area contributed by atoms with Crippen LogP contribution in [-0.2, 0) is 14.3 Å². The Morgan fingerprint density at radius 1 is 1.43 bits per heavy atom. The van der Waals surface area contributed by atoms with E-state index in [9.17, 15) is 14.0 Å². The second-order valence-electron chi connectivity index (χ2n) is 5.34. The number of aromatic nitrogens is 1. The van der Waals surface area contributed by atoms with Crippen molar-refractivity contribution in [2.75, 3.05) is 6.61 Å². The van der Waals surface area contributed by atoms with Gasteiger partial charge >= 0.3 is 5.97 Å². The minimum atomic E-state index is -1.18. The molecule has 110 valence electrons. The quantitative estimate of drug-likeness (QED) is 0.650. The molecule has 2 aromatic rings. The molecule has 0 spiro atoms. The van der Waals surface area contributed by atoms with E-state index >= 15 is 0 Å². The summed E-state index contributed by atoms with van der Waals surface area (Å²) in [6.45, 7) is 0.319. The molecule has 0 saturated heterocycles. The highest BCUT2D eigenvalue weighted by molar-refractivity contribution is 6.06. The second kappa shape index (κ2) is 5.20. The van der Waals surface area contributed by atoms with Crippen molar-refractivity contribution >= 4 is 22.8 Å². The number of esters is 1. The van der Waals surface area contributed by atoms with Crippen molar-refractivity contribution in [2.45, 2.75) is 18.8 Å². The SMILES string of the molecule is NC(=O)C(C(=O)OCC1CC1)c1c[nH]c2cc(F)ccc12. The normalized spacial score (nSPS) is 15.9. The molecule has 1 aromatic heterocycles. The zero-order valence-corrected chi connectivity index (χ0v) is 11.3. The topological polar surface area (TPSA) is 85.2 Å². The summed E-state index contributed by atoms with van der Waals surface area (Å²) in [7, 11) is 0. The van der Waals surface area contributed by atoms with Crippen molar-refractivity contribution in [2.24, 2.45) is 11.7 Å². The third-order valence-electron chi connectivity index (χ3n) is 3.67. The molecule has 3 N–H and O–H groups in total. The Labute approximate surface area is 120 Å². The molecule has 1 aliphatic carbocycles. The van der Waals surface area contributed by atoms with Crippen LogP contribution in [0.5, 0.6) is 0 Å². The Morgan fingerprint density at radius 3 is 2.86 bits per heavy atom. The van der Waals surface area contributed by atoms with Gasteiger partial charge in [-0.15, -0.1) is 0 Å². The molecule has 21 heavy (non-hydrogen) atoms. The summed E-state index contributed by atoms with van der Waals surface area (Å²) < 4.78 is 18.3. The summed E-state index contributed by atoms with van der Waals surface area (Å²) in [5.74, 6) is -2.61. The highest BCUT2D eigenvalue weighted by atomic mass is 19.1. The maximum atomic E-state index is 13.2. The number of hydrogen-bond acceptors (Lipinski definition) is 3. The monoisotopic (exact) mass is 290 g/mol. The lowest BCUT2D eigenvalue weighted by atomic mass is 9.98. The number of nitrogens with two attached hydrogens (primary N) is 1. The molecule has 1 atom stereocenters. The van der Waals surface area contributed by atoms with Gasteiger partial charge in [0.15, 0.2) is 5.92 Å². The summed E-state index contributed by atoms with van der Waals surface area (Å²) in [6, 6.07) is 4.08. The Hall–Kier alpha value is -2.37. The zero-order valence-electron chi connectivity index (χ0n) is 11.3. The first-order valence-corrected chi connectivity index (χ1v) is 6.78. The Morgan fingerprint density at radius 2 is 2.19 bits per heavy atom. The Bertz CT molecular complexity index is 706. The molecule has 1 aliphatic rings. The van der Waals surface area contributed by atoms with Crippen molar-refractivity contribution in [3.8, 4) is 0 Å². The van der Waals surface area contributed by atoms with Crippen LogP contribution in [0.15, 0.2) is 24.4 Å². The van der Waals surface area contributed by atoms with Crippen molar-refractivity contribution < 1.29 is 18.7 Å². The van der Waals surface area contributed by atoms with Gasteiger partial charge in [-0.2, -0.15) is 0 Å². The fourth-order valence-corrected chi connectivity index (χ4v) is 2.32. The smallest absolute Gasteiger partial charge is 0.323 e. The number of fused-ring (bicyclic) bond motifs is 1.